The molecule has 4 aromatic rings. The van der Waals surface area contributed by atoms with E-state index in [9.17, 15) is 4.79 Å². The minimum Gasteiger partial charge on any atom is -0.489 e. The highest BCUT2D eigenvalue weighted by Gasteiger charge is 2.14. The number of hydrogen-bond donors (Lipinski definition) is 1. The Morgan fingerprint density at radius 3 is 1.72 bits per heavy atom. The van der Waals surface area contributed by atoms with Gasteiger partial charge in [-0.15, -0.1) is 0 Å². The Morgan fingerprint density at radius 2 is 1.19 bits per heavy atom. The molecule has 0 radical (unpaired) electrons. The number of nitrogens with zero attached hydrogens (tertiary/aromatic N) is 1. The first-order valence-electron chi connectivity index (χ1n) is 11.7. The molecule has 0 aliphatic carbocycles. The Bertz CT molecular complexity index is 1240. The van der Waals surface area contributed by atoms with E-state index in [1.807, 2.05) is 97.1 Å². The lowest BCUT2D eigenvalue weighted by atomic mass is 10.2. The molecule has 4 aromatic carbocycles. The van der Waals surface area contributed by atoms with Gasteiger partial charge in [0.05, 0.1) is 6.21 Å². The average molecular weight is 481 g/mol. The van der Waals surface area contributed by atoms with Crippen LogP contribution in [0.4, 0.5) is 0 Å². The smallest absolute Gasteiger partial charge is 0.280 e. The van der Waals surface area contributed by atoms with Crippen molar-refractivity contribution >= 4 is 12.1 Å². The molecule has 0 saturated heterocycles. The van der Waals surface area contributed by atoms with Crippen LogP contribution in [0.3, 0.4) is 0 Å². The number of benzene rings is 4. The average Bonchev–Trinajstić information content (AvgIpc) is 2.93. The lowest BCUT2D eigenvalue weighted by Gasteiger charge is -2.13. The van der Waals surface area contributed by atoms with Crippen LogP contribution in [0.5, 0.6) is 17.2 Å². The highest BCUT2D eigenvalue weighted by atomic mass is 16.5. The van der Waals surface area contributed by atoms with Crippen LogP contribution >= 0.6 is 0 Å². The van der Waals surface area contributed by atoms with Gasteiger partial charge in [-0.3, -0.25) is 4.79 Å². The third-order valence-corrected chi connectivity index (χ3v) is 5.27. The van der Waals surface area contributed by atoms with Crippen molar-refractivity contribution in [1.29, 1.82) is 0 Å². The molecule has 0 spiro atoms. The maximum atomic E-state index is 12.3. The number of amides is 1. The molecule has 6 heteroatoms. The van der Waals surface area contributed by atoms with Crippen molar-refractivity contribution in [2.75, 3.05) is 0 Å². The topological polar surface area (TPSA) is 69.2 Å². The highest BCUT2D eigenvalue weighted by Crippen LogP contribution is 2.20. The summed E-state index contributed by atoms with van der Waals surface area (Å²) in [5.74, 6) is 1.71. The molecule has 1 amide bonds. The predicted octanol–water partition coefficient (Wildman–Crippen LogP) is 5.76. The second-order valence-electron chi connectivity index (χ2n) is 8.08. The summed E-state index contributed by atoms with van der Waals surface area (Å²) in [4.78, 5) is 12.3. The molecule has 1 atom stereocenters. The van der Waals surface area contributed by atoms with Crippen LogP contribution in [0, 0.1) is 0 Å². The fourth-order valence-corrected chi connectivity index (χ4v) is 3.27. The second-order valence-corrected chi connectivity index (χ2v) is 8.08. The minimum absolute atomic E-state index is 0.349. The Labute approximate surface area is 211 Å². The lowest BCUT2D eigenvalue weighted by Crippen LogP contribution is -2.33. The lowest BCUT2D eigenvalue weighted by molar-refractivity contribution is -0.127. The predicted molar refractivity (Wildman–Crippen MR) is 140 cm³/mol. The van der Waals surface area contributed by atoms with Gasteiger partial charge in [-0.1, -0.05) is 60.7 Å². The molecule has 0 saturated carbocycles. The van der Waals surface area contributed by atoms with Crippen LogP contribution in [0.1, 0.15) is 23.6 Å². The monoisotopic (exact) mass is 480 g/mol. The molecule has 1 N–H and O–H groups in total. The van der Waals surface area contributed by atoms with Gasteiger partial charge in [-0.25, -0.2) is 5.43 Å². The molecule has 0 aliphatic rings. The van der Waals surface area contributed by atoms with E-state index in [1.54, 1.807) is 25.3 Å². The summed E-state index contributed by atoms with van der Waals surface area (Å²) in [5, 5.41) is 4.03. The first-order valence-corrected chi connectivity index (χ1v) is 11.7. The molecule has 1 unspecified atom stereocenters. The van der Waals surface area contributed by atoms with Gasteiger partial charge in [0, 0.05) is 0 Å². The van der Waals surface area contributed by atoms with Crippen LogP contribution < -0.4 is 19.6 Å². The Hall–Kier alpha value is -4.58. The van der Waals surface area contributed by atoms with Gasteiger partial charge in [-0.2, -0.15) is 5.10 Å². The summed E-state index contributed by atoms with van der Waals surface area (Å²) in [6, 6.07) is 34.6. The van der Waals surface area contributed by atoms with Crippen LogP contribution in [-0.2, 0) is 18.0 Å². The molecule has 36 heavy (non-hydrogen) atoms. The second kappa shape index (κ2) is 12.8. The quantitative estimate of drug-likeness (QED) is 0.219. The number of carbonyl (C=O) groups excluding carboxylic acids is 1. The van der Waals surface area contributed by atoms with Crippen molar-refractivity contribution in [3.05, 3.63) is 126 Å². The first-order chi connectivity index (χ1) is 17.7. The number of ether oxygens (including phenoxy) is 3. The summed E-state index contributed by atoms with van der Waals surface area (Å²) in [6.07, 6.45) is 0.858. The molecule has 0 fully saturated rings. The van der Waals surface area contributed by atoms with Crippen LogP contribution in [0.2, 0.25) is 0 Å². The van der Waals surface area contributed by atoms with Crippen LogP contribution in [0.15, 0.2) is 114 Å². The zero-order valence-corrected chi connectivity index (χ0v) is 20.0. The van der Waals surface area contributed by atoms with E-state index in [0.29, 0.717) is 19.0 Å². The molecule has 4 rings (SSSR count). The number of hydrazone groups is 1. The van der Waals surface area contributed by atoms with Crippen molar-refractivity contribution in [3.8, 4) is 17.2 Å². The third kappa shape index (κ3) is 7.74. The molecule has 182 valence electrons. The van der Waals surface area contributed by atoms with Gasteiger partial charge in [-0.05, 0) is 72.1 Å². The van der Waals surface area contributed by atoms with Crippen molar-refractivity contribution in [2.24, 2.45) is 5.10 Å². The van der Waals surface area contributed by atoms with Gasteiger partial charge < -0.3 is 14.2 Å². The molecule has 0 bridgehead atoms. The maximum Gasteiger partial charge on any atom is 0.280 e. The summed E-state index contributed by atoms with van der Waals surface area (Å²) < 4.78 is 17.3. The van der Waals surface area contributed by atoms with Crippen molar-refractivity contribution < 1.29 is 19.0 Å². The number of hydrogen-bond acceptors (Lipinski definition) is 5. The van der Waals surface area contributed by atoms with Gasteiger partial charge in [0.15, 0.2) is 6.10 Å². The largest absolute Gasteiger partial charge is 0.489 e. The molecular weight excluding hydrogens is 452 g/mol. The zero-order chi connectivity index (χ0) is 25.0. The van der Waals surface area contributed by atoms with Crippen LogP contribution in [-0.4, -0.2) is 18.2 Å². The van der Waals surface area contributed by atoms with E-state index in [2.05, 4.69) is 10.5 Å². The summed E-state index contributed by atoms with van der Waals surface area (Å²) in [7, 11) is 0. The van der Waals surface area contributed by atoms with E-state index in [0.717, 1.165) is 28.2 Å². The van der Waals surface area contributed by atoms with Crippen LogP contribution in [0.25, 0.3) is 0 Å². The van der Waals surface area contributed by atoms with Crippen molar-refractivity contribution in [1.82, 2.24) is 5.43 Å². The number of rotatable bonds is 11. The van der Waals surface area contributed by atoms with E-state index < -0.39 is 6.10 Å². The van der Waals surface area contributed by atoms with E-state index in [4.69, 9.17) is 14.2 Å². The first kappa shape index (κ1) is 24.5. The number of nitrogens with one attached hydrogen (secondary N) is 1. The molecule has 0 heterocycles. The summed E-state index contributed by atoms with van der Waals surface area (Å²) in [6.45, 7) is 2.66. The summed E-state index contributed by atoms with van der Waals surface area (Å²) >= 11 is 0. The van der Waals surface area contributed by atoms with Crippen molar-refractivity contribution in [2.45, 2.75) is 26.2 Å². The van der Waals surface area contributed by atoms with Gasteiger partial charge in [0.2, 0.25) is 0 Å². The molecule has 0 aliphatic heterocycles. The molecule has 0 aromatic heterocycles. The Morgan fingerprint density at radius 1 is 0.722 bits per heavy atom. The standard InChI is InChI=1S/C30H28N2O4/c1-23(36-29-18-16-28(17-19-29)35-22-26-10-6-3-7-11-26)30(33)32-31-20-24-12-14-27(15-13-24)34-21-25-8-4-2-5-9-25/h2-20,23H,21-22H2,1H3,(H,32,33). The SMILES string of the molecule is CC(Oc1ccc(OCc2ccccc2)cc1)C(=O)NN=Cc1ccc(OCc2ccccc2)cc1. The molecular formula is C30H28N2O4. The third-order valence-electron chi connectivity index (χ3n) is 5.27. The van der Waals surface area contributed by atoms with Gasteiger partial charge in [0.25, 0.3) is 5.91 Å². The summed E-state index contributed by atoms with van der Waals surface area (Å²) in [5.41, 5.74) is 5.55. The Kier molecular flexibility index (Phi) is 8.70. The van der Waals surface area contributed by atoms with Crippen molar-refractivity contribution in [3.63, 3.8) is 0 Å². The van der Waals surface area contributed by atoms with Gasteiger partial charge >= 0.3 is 0 Å². The highest BCUT2D eigenvalue weighted by molar-refractivity contribution is 5.84. The van der Waals surface area contributed by atoms with E-state index >= 15 is 0 Å². The normalized spacial score (nSPS) is 11.6. The van der Waals surface area contributed by atoms with E-state index in [-0.39, 0.29) is 5.91 Å². The number of carbonyl (C=O) groups is 1. The fourth-order valence-electron chi connectivity index (χ4n) is 3.27. The molecule has 6 nitrogen and oxygen atoms in total. The zero-order valence-electron chi connectivity index (χ0n) is 20.0. The van der Waals surface area contributed by atoms with E-state index in [1.165, 1.54) is 0 Å². The fraction of sp³-hybridized carbons (Fsp3) is 0.133. The maximum absolute atomic E-state index is 12.3. The Balaban J connectivity index is 1.19. The minimum atomic E-state index is -0.716. The van der Waals surface area contributed by atoms with Gasteiger partial charge in [0.1, 0.15) is 30.5 Å².